The summed E-state index contributed by atoms with van der Waals surface area (Å²) in [6, 6.07) is 4.32. The number of alkyl halides is 3. The monoisotopic (exact) mass is 324 g/mol. The molecule has 0 saturated carbocycles. The molecule has 0 N–H and O–H groups in total. The molecule has 1 aromatic carbocycles. The number of hydrogen-bond acceptors (Lipinski definition) is 3. The molecule has 1 atom stereocenters. The molecule has 0 aliphatic rings. The standard InChI is InChI=1S/C11H11BrF2O2S/c1-6(12)10(15)8-4-3-7(16-11(13)14)5-9(8)17-2/h3-6,11H,1-2H3. The van der Waals surface area contributed by atoms with E-state index in [1.807, 2.05) is 0 Å². The second kappa shape index (κ2) is 6.35. The Morgan fingerprint density at radius 2 is 2.12 bits per heavy atom. The van der Waals surface area contributed by atoms with Crippen LogP contribution in [-0.4, -0.2) is 23.5 Å². The average molecular weight is 325 g/mol. The fourth-order valence-electron chi connectivity index (χ4n) is 1.27. The van der Waals surface area contributed by atoms with Crippen molar-refractivity contribution in [2.45, 2.75) is 23.3 Å². The van der Waals surface area contributed by atoms with E-state index in [1.165, 1.54) is 30.0 Å². The van der Waals surface area contributed by atoms with Crippen molar-refractivity contribution in [3.63, 3.8) is 0 Å². The zero-order valence-electron chi connectivity index (χ0n) is 9.25. The molecule has 1 aromatic rings. The Morgan fingerprint density at radius 3 is 2.59 bits per heavy atom. The van der Waals surface area contributed by atoms with E-state index < -0.39 is 6.61 Å². The van der Waals surface area contributed by atoms with Gasteiger partial charge in [-0.3, -0.25) is 4.79 Å². The minimum Gasteiger partial charge on any atom is -0.435 e. The highest BCUT2D eigenvalue weighted by molar-refractivity contribution is 9.10. The molecule has 17 heavy (non-hydrogen) atoms. The molecule has 1 rings (SSSR count). The summed E-state index contributed by atoms with van der Waals surface area (Å²) in [6.45, 7) is -1.14. The van der Waals surface area contributed by atoms with Gasteiger partial charge in [0.2, 0.25) is 0 Å². The molecule has 94 valence electrons. The molecule has 0 fully saturated rings. The lowest BCUT2D eigenvalue weighted by Gasteiger charge is -2.11. The van der Waals surface area contributed by atoms with Gasteiger partial charge in [0.15, 0.2) is 5.78 Å². The Kier molecular flexibility index (Phi) is 5.39. The lowest BCUT2D eigenvalue weighted by molar-refractivity contribution is -0.0499. The van der Waals surface area contributed by atoms with E-state index in [0.29, 0.717) is 10.5 Å². The summed E-state index contributed by atoms with van der Waals surface area (Å²) in [7, 11) is 0. The summed E-state index contributed by atoms with van der Waals surface area (Å²) >= 11 is 4.50. The number of halogens is 3. The van der Waals surface area contributed by atoms with Crippen LogP contribution in [0.5, 0.6) is 5.75 Å². The van der Waals surface area contributed by atoms with Gasteiger partial charge in [-0.1, -0.05) is 15.9 Å². The van der Waals surface area contributed by atoms with Crippen molar-refractivity contribution in [3.05, 3.63) is 23.8 Å². The molecule has 0 amide bonds. The number of Topliss-reactive ketones (excluding diaryl/α,β-unsaturated/α-hetero) is 1. The van der Waals surface area contributed by atoms with Crippen molar-refractivity contribution in [3.8, 4) is 5.75 Å². The first-order valence-electron chi connectivity index (χ1n) is 4.77. The number of benzene rings is 1. The van der Waals surface area contributed by atoms with Crippen LogP contribution in [0, 0.1) is 0 Å². The second-order valence-corrected chi connectivity index (χ2v) is 5.44. The minimum atomic E-state index is -2.86. The van der Waals surface area contributed by atoms with Crippen LogP contribution in [-0.2, 0) is 0 Å². The highest BCUT2D eigenvalue weighted by atomic mass is 79.9. The lowest BCUT2D eigenvalue weighted by atomic mass is 10.1. The Hall–Kier alpha value is -0.620. The molecule has 0 radical (unpaired) electrons. The van der Waals surface area contributed by atoms with Crippen LogP contribution in [0.25, 0.3) is 0 Å². The van der Waals surface area contributed by atoms with Crippen molar-refractivity contribution in [1.82, 2.24) is 0 Å². The van der Waals surface area contributed by atoms with E-state index in [4.69, 9.17) is 0 Å². The van der Waals surface area contributed by atoms with Crippen LogP contribution in [0.4, 0.5) is 8.78 Å². The van der Waals surface area contributed by atoms with E-state index in [2.05, 4.69) is 20.7 Å². The van der Waals surface area contributed by atoms with Crippen molar-refractivity contribution in [1.29, 1.82) is 0 Å². The molecule has 0 aromatic heterocycles. The first-order chi connectivity index (χ1) is 7.95. The molecule has 0 aliphatic heterocycles. The highest BCUT2D eigenvalue weighted by Gasteiger charge is 2.17. The third-order valence-electron chi connectivity index (χ3n) is 2.02. The lowest BCUT2D eigenvalue weighted by Crippen LogP contribution is -2.11. The maximum atomic E-state index is 12.0. The summed E-state index contributed by atoms with van der Waals surface area (Å²) in [4.78, 5) is 12.1. The molecule has 0 spiro atoms. The molecular formula is C11H11BrF2O2S. The molecular weight excluding hydrogens is 314 g/mol. The number of ketones is 1. The van der Waals surface area contributed by atoms with Gasteiger partial charge in [0.1, 0.15) is 5.75 Å². The largest absolute Gasteiger partial charge is 0.435 e. The van der Waals surface area contributed by atoms with Crippen LogP contribution in [0.3, 0.4) is 0 Å². The number of carbonyl (C=O) groups is 1. The number of ether oxygens (including phenoxy) is 1. The molecule has 0 aliphatic carbocycles. The zero-order chi connectivity index (χ0) is 13.0. The van der Waals surface area contributed by atoms with Gasteiger partial charge in [-0.2, -0.15) is 8.78 Å². The highest BCUT2D eigenvalue weighted by Crippen LogP contribution is 2.28. The topological polar surface area (TPSA) is 26.3 Å². The van der Waals surface area contributed by atoms with E-state index in [1.54, 1.807) is 13.2 Å². The number of carbonyl (C=O) groups excluding carboxylic acids is 1. The first-order valence-corrected chi connectivity index (χ1v) is 6.91. The van der Waals surface area contributed by atoms with Crippen molar-refractivity contribution < 1.29 is 18.3 Å². The normalized spacial score (nSPS) is 12.6. The number of thioether (sulfide) groups is 1. The van der Waals surface area contributed by atoms with E-state index >= 15 is 0 Å². The summed E-state index contributed by atoms with van der Waals surface area (Å²) < 4.78 is 28.4. The summed E-state index contributed by atoms with van der Waals surface area (Å²) in [5, 5.41) is 0. The molecule has 0 saturated heterocycles. The van der Waals surface area contributed by atoms with Gasteiger partial charge >= 0.3 is 6.61 Å². The SMILES string of the molecule is CSc1cc(OC(F)F)ccc1C(=O)C(C)Br. The smallest absolute Gasteiger partial charge is 0.387 e. The summed E-state index contributed by atoms with van der Waals surface area (Å²) in [5.74, 6) is -0.0268. The minimum absolute atomic E-state index is 0.0584. The van der Waals surface area contributed by atoms with E-state index in [9.17, 15) is 13.6 Å². The molecule has 1 unspecified atom stereocenters. The predicted molar refractivity (Wildman–Crippen MR) is 67.6 cm³/mol. The third kappa shape index (κ3) is 3.96. The Bertz CT molecular complexity index is 410. The van der Waals surface area contributed by atoms with Crippen LogP contribution in [0.1, 0.15) is 17.3 Å². The van der Waals surface area contributed by atoms with Crippen molar-refractivity contribution in [2.75, 3.05) is 6.26 Å². The molecule has 2 nitrogen and oxygen atoms in total. The van der Waals surface area contributed by atoms with Crippen LogP contribution >= 0.6 is 27.7 Å². The van der Waals surface area contributed by atoms with Gasteiger partial charge in [-0.15, -0.1) is 11.8 Å². The molecule has 0 heterocycles. The van der Waals surface area contributed by atoms with Crippen molar-refractivity contribution >= 4 is 33.5 Å². The van der Waals surface area contributed by atoms with Crippen molar-refractivity contribution in [2.24, 2.45) is 0 Å². The summed E-state index contributed by atoms with van der Waals surface area (Å²) in [5.41, 5.74) is 0.503. The van der Waals surface area contributed by atoms with Crippen LogP contribution in [0.2, 0.25) is 0 Å². The van der Waals surface area contributed by atoms with Gasteiger partial charge in [-0.25, -0.2) is 0 Å². The molecule has 6 heteroatoms. The van der Waals surface area contributed by atoms with Gasteiger partial charge < -0.3 is 4.74 Å². The van der Waals surface area contributed by atoms with Gasteiger partial charge in [0.25, 0.3) is 0 Å². The fourth-order valence-corrected chi connectivity index (χ4v) is 2.13. The Morgan fingerprint density at radius 1 is 1.47 bits per heavy atom. The predicted octanol–water partition coefficient (Wildman–Crippen LogP) is 3.98. The van der Waals surface area contributed by atoms with Crippen LogP contribution in [0.15, 0.2) is 23.1 Å². The third-order valence-corrected chi connectivity index (χ3v) is 3.22. The van der Waals surface area contributed by atoms with Crippen LogP contribution < -0.4 is 4.74 Å². The second-order valence-electron chi connectivity index (χ2n) is 3.22. The van der Waals surface area contributed by atoms with Gasteiger partial charge in [0, 0.05) is 10.5 Å². The Balaban J connectivity index is 3.05. The average Bonchev–Trinajstić information content (AvgIpc) is 2.27. The fraction of sp³-hybridized carbons (Fsp3) is 0.364. The maximum Gasteiger partial charge on any atom is 0.387 e. The quantitative estimate of drug-likeness (QED) is 0.465. The summed E-state index contributed by atoms with van der Waals surface area (Å²) in [6.07, 6.45) is 1.77. The maximum absolute atomic E-state index is 12.0. The van der Waals surface area contributed by atoms with E-state index in [-0.39, 0.29) is 16.4 Å². The van der Waals surface area contributed by atoms with Gasteiger partial charge in [0.05, 0.1) is 4.83 Å². The number of hydrogen-bond donors (Lipinski definition) is 0. The molecule has 0 bridgehead atoms. The zero-order valence-corrected chi connectivity index (χ0v) is 11.6. The first kappa shape index (κ1) is 14.4. The Labute approximate surface area is 111 Å². The number of rotatable bonds is 5. The van der Waals surface area contributed by atoms with Gasteiger partial charge in [-0.05, 0) is 31.4 Å². The van der Waals surface area contributed by atoms with E-state index in [0.717, 1.165) is 0 Å².